The Kier molecular flexibility index (Phi) is 5.49. The van der Waals surface area contributed by atoms with Crippen molar-refractivity contribution < 1.29 is 0 Å². The first-order valence-electron chi connectivity index (χ1n) is 6.96. The van der Waals surface area contributed by atoms with Gasteiger partial charge in [-0.15, -0.1) is 0 Å². The number of nitrogens with zero attached hydrogens (tertiary/aromatic N) is 3. The van der Waals surface area contributed by atoms with E-state index in [1.165, 1.54) is 11.1 Å². The van der Waals surface area contributed by atoms with Crippen molar-refractivity contribution in [3.8, 4) is 0 Å². The lowest BCUT2D eigenvalue weighted by Crippen LogP contribution is -2.20. The molecule has 2 heterocycles. The summed E-state index contributed by atoms with van der Waals surface area (Å²) in [6.07, 6.45) is 3.08. The molecule has 5 heteroatoms. The van der Waals surface area contributed by atoms with Crippen LogP contribution in [0.4, 0.5) is 5.95 Å². The molecule has 0 amide bonds. The van der Waals surface area contributed by atoms with Gasteiger partial charge in [0.25, 0.3) is 0 Å². The molecule has 0 spiro atoms. The van der Waals surface area contributed by atoms with E-state index in [0.717, 1.165) is 37.7 Å². The van der Waals surface area contributed by atoms with Crippen molar-refractivity contribution in [1.29, 1.82) is 0 Å². The van der Waals surface area contributed by atoms with Crippen LogP contribution in [0, 0.1) is 6.92 Å². The maximum atomic E-state index is 4.61. The van der Waals surface area contributed by atoms with Gasteiger partial charge in [-0.2, -0.15) is 11.3 Å². The number of anilines is 1. The summed E-state index contributed by atoms with van der Waals surface area (Å²) in [6, 6.07) is 2.14. The molecule has 0 aliphatic rings. The van der Waals surface area contributed by atoms with Crippen LogP contribution in [0.15, 0.2) is 23.0 Å². The van der Waals surface area contributed by atoms with Gasteiger partial charge in [0.15, 0.2) is 0 Å². The van der Waals surface area contributed by atoms with E-state index in [1.807, 2.05) is 20.2 Å². The molecule has 2 rings (SSSR count). The number of rotatable bonds is 7. The second-order valence-electron chi connectivity index (χ2n) is 4.95. The van der Waals surface area contributed by atoms with E-state index in [1.54, 1.807) is 11.3 Å². The van der Waals surface area contributed by atoms with Crippen LogP contribution >= 0.6 is 11.3 Å². The summed E-state index contributed by atoms with van der Waals surface area (Å²) in [5.41, 5.74) is 3.52. The molecule has 0 saturated heterocycles. The highest BCUT2D eigenvalue weighted by Crippen LogP contribution is 2.14. The molecule has 108 valence electrons. The van der Waals surface area contributed by atoms with E-state index in [4.69, 9.17) is 0 Å². The fraction of sp³-hybridized carbons (Fsp3) is 0.467. The first-order valence-corrected chi connectivity index (χ1v) is 7.90. The van der Waals surface area contributed by atoms with Gasteiger partial charge in [-0.25, -0.2) is 9.97 Å². The molecule has 0 fully saturated rings. The highest BCUT2D eigenvalue weighted by molar-refractivity contribution is 7.07. The Hall–Kier alpha value is -1.46. The maximum Gasteiger partial charge on any atom is 0.225 e. The van der Waals surface area contributed by atoms with Crippen molar-refractivity contribution in [3.05, 3.63) is 39.8 Å². The SMILES string of the molecule is CCCNCc1cnc(N(C)Cc2ccsc2)nc1C. The molecule has 0 bridgehead atoms. The third-order valence-electron chi connectivity index (χ3n) is 3.15. The Morgan fingerprint density at radius 3 is 2.90 bits per heavy atom. The summed E-state index contributed by atoms with van der Waals surface area (Å²) < 4.78 is 0. The van der Waals surface area contributed by atoms with Crippen LogP contribution in [-0.2, 0) is 13.1 Å². The van der Waals surface area contributed by atoms with Gasteiger partial charge in [0.2, 0.25) is 5.95 Å². The number of thiophene rings is 1. The smallest absolute Gasteiger partial charge is 0.225 e. The molecule has 0 atom stereocenters. The van der Waals surface area contributed by atoms with Crippen molar-refractivity contribution in [2.24, 2.45) is 0 Å². The fourth-order valence-electron chi connectivity index (χ4n) is 1.96. The molecule has 4 nitrogen and oxygen atoms in total. The molecular formula is C15H22N4S. The normalized spacial score (nSPS) is 10.8. The van der Waals surface area contributed by atoms with Crippen molar-refractivity contribution in [2.75, 3.05) is 18.5 Å². The standard InChI is InChI=1S/C15H22N4S/c1-4-6-16-8-14-9-17-15(18-12(14)2)19(3)10-13-5-7-20-11-13/h5,7,9,11,16H,4,6,8,10H2,1-3H3. The fourth-order valence-corrected chi connectivity index (χ4v) is 2.62. The summed E-state index contributed by atoms with van der Waals surface area (Å²) in [5, 5.41) is 7.64. The van der Waals surface area contributed by atoms with E-state index in [9.17, 15) is 0 Å². The minimum Gasteiger partial charge on any atom is -0.340 e. The van der Waals surface area contributed by atoms with E-state index in [-0.39, 0.29) is 0 Å². The summed E-state index contributed by atoms with van der Waals surface area (Å²) in [6.45, 7) is 6.93. The third-order valence-corrected chi connectivity index (χ3v) is 3.88. The Bertz CT molecular complexity index is 525. The van der Waals surface area contributed by atoms with Crippen LogP contribution in [0.3, 0.4) is 0 Å². The molecular weight excluding hydrogens is 268 g/mol. The minimum atomic E-state index is 0.785. The number of nitrogens with one attached hydrogen (secondary N) is 1. The number of hydrogen-bond acceptors (Lipinski definition) is 5. The van der Waals surface area contributed by atoms with Crippen molar-refractivity contribution in [3.63, 3.8) is 0 Å². The number of hydrogen-bond donors (Lipinski definition) is 1. The molecule has 2 aromatic heterocycles. The zero-order chi connectivity index (χ0) is 14.4. The Morgan fingerprint density at radius 1 is 1.40 bits per heavy atom. The Morgan fingerprint density at radius 2 is 2.25 bits per heavy atom. The molecule has 0 radical (unpaired) electrons. The van der Waals surface area contributed by atoms with Crippen LogP contribution < -0.4 is 10.2 Å². The zero-order valence-electron chi connectivity index (χ0n) is 12.4. The molecule has 0 aliphatic carbocycles. The van der Waals surface area contributed by atoms with Gasteiger partial charge in [0, 0.05) is 37.6 Å². The second kappa shape index (κ2) is 7.36. The predicted octanol–water partition coefficient (Wildman–Crippen LogP) is 2.98. The summed E-state index contributed by atoms with van der Waals surface area (Å²) in [4.78, 5) is 11.2. The maximum absolute atomic E-state index is 4.61. The summed E-state index contributed by atoms with van der Waals surface area (Å²) in [5.74, 6) is 0.785. The predicted molar refractivity (Wildman–Crippen MR) is 85.2 cm³/mol. The van der Waals surface area contributed by atoms with Gasteiger partial charge in [0.1, 0.15) is 0 Å². The highest BCUT2D eigenvalue weighted by Gasteiger charge is 2.08. The second-order valence-corrected chi connectivity index (χ2v) is 5.73. The first-order chi connectivity index (χ1) is 9.70. The number of aromatic nitrogens is 2. The van der Waals surface area contributed by atoms with E-state index in [2.05, 4.69) is 43.9 Å². The van der Waals surface area contributed by atoms with Crippen LogP contribution in [-0.4, -0.2) is 23.6 Å². The van der Waals surface area contributed by atoms with Crippen LogP contribution in [0.25, 0.3) is 0 Å². The van der Waals surface area contributed by atoms with Crippen molar-refractivity contribution in [1.82, 2.24) is 15.3 Å². The molecule has 20 heavy (non-hydrogen) atoms. The summed E-state index contributed by atoms with van der Waals surface area (Å²) >= 11 is 1.72. The lowest BCUT2D eigenvalue weighted by Gasteiger charge is -2.17. The molecule has 0 unspecified atom stereocenters. The Labute approximate surface area is 124 Å². The van der Waals surface area contributed by atoms with Crippen LogP contribution in [0.5, 0.6) is 0 Å². The lowest BCUT2D eigenvalue weighted by atomic mass is 10.2. The monoisotopic (exact) mass is 290 g/mol. The average Bonchev–Trinajstić information content (AvgIpc) is 2.93. The largest absolute Gasteiger partial charge is 0.340 e. The van der Waals surface area contributed by atoms with Gasteiger partial charge in [-0.3, -0.25) is 0 Å². The highest BCUT2D eigenvalue weighted by atomic mass is 32.1. The van der Waals surface area contributed by atoms with Crippen molar-refractivity contribution in [2.45, 2.75) is 33.4 Å². The molecule has 2 aromatic rings. The number of aryl methyl sites for hydroxylation is 1. The van der Waals surface area contributed by atoms with Gasteiger partial charge < -0.3 is 10.2 Å². The van der Waals surface area contributed by atoms with E-state index < -0.39 is 0 Å². The summed E-state index contributed by atoms with van der Waals surface area (Å²) in [7, 11) is 2.03. The molecule has 0 saturated carbocycles. The molecule has 0 aliphatic heterocycles. The van der Waals surface area contributed by atoms with E-state index >= 15 is 0 Å². The van der Waals surface area contributed by atoms with Gasteiger partial charge in [0.05, 0.1) is 0 Å². The average molecular weight is 290 g/mol. The van der Waals surface area contributed by atoms with Gasteiger partial charge in [-0.1, -0.05) is 6.92 Å². The first kappa shape index (κ1) is 14.9. The zero-order valence-corrected chi connectivity index (χ0v) is 13.2. The quantitative estimate of drug-likeness (QED) is 0.796. The van der Waals surface area contributed by atoms with Crippen molar-refractivity contribution >= 4 is 17.3 Å². The van der Waals surface area contributed by atoms with Crippen LogP contribution in [0.1, 0.15) is 30.2 Å². The van der Waals surface area contributed by atoms with E-state index in [0.29, 0.717) is 0 Å². The molecule has 0 aromatic carbocycles. The van der Waals surface area contributed by atoms with Crippen LogP contribution in [0.2, 0.25) is 0 Å². The third kappa shape index (κ3) is 4.02. The van der Waals surface area contributed by atoms with Gasteiger partial charge in [-0.05, 0) is 42.3 Å². The van der Waals surface area contributed by atoms with Gasteiger partial charge >= 0.3 is 0 Å². The molecule has 1 N–H and O–H groups in total. The topological polar surface area (TPSA) is 41.1 Å². The lowest BCUT2D eigenvalue weighted by molar-refractivity contribution is 0.667. The Balaban J connectivity index is 2.00. The minimum absolute atomic E-state index is 0.785.